The SMILES string of the molecule is CC1CC2=C(C=C1C#N)[C@@H]1CCCN(C(=O)c3ccc4nc[nH]c4c3)[C@@H]1C2. The van der Waals surface area contributed by atoms with Crippen LogP contribution in [0.2, 0.25) is 0 Å². The number of likely N-dealkylation sites (tertiary alicyclic amines) is 1. The molecular formula is C22H22N4O. The first kappa shape index (κ1) is 16.3. The molecule has 2 heterocycles. The van der Waals surface area contributed by atoms with Crippen molar-refractivity contribution in [2.75, 3.05) is 6.54 Å². The standard InChI is InChI=1S/C22H22N4O/c1-13-7-15-10-21-17(18(15)8-16(13)11-23)3-2-6-26(21)22(27)14-4-5-19-20(9-14)25-12-24-19/h4-5,8-9,12-13,17,21H,2-3,6-7,10H2,1H3,(H,24,25)/t13?,17-,21+/m0/s1. The van der Waals surface area contributed by atoms with Gasteiger partial charge in [0, 0.05) is 29.6 Å². The van der Waals surface area contributed by atoms with Gasteiger partial charge in [0.05, 0.1) is 23.4 Å². The van der Waals surface area contributed by atoms with Crippen LogP contribution >= 0.6 is 0 Å². The molecule has 0 radical (unpaired) electrons. The molecule has 0 spiro atoms. The fourth-order valence-electron chi connectivity index (χ4n) is 5.13. The third kappa shape index (κ3) is 2.51. The highest BCUT2D eigenvalue weighted by Crippen LogP contribution is 2.47. The molecule has 1 aromatic heterocycles. The van der Waals surface area contributed by atoms with E-state index in [1.807, 2.05) is 18.2 Å². The molecule has 1 aliphatic heterocycles. The number of carbonyl (C=O) groups excluding carboxylic acids is 1. The maximum Gasteiger partial charge on any atom is 0.254 e. The number of H-pyrrole nitrogens is 1. The van der Waals surface area contributed by atoms with Crippen molar-refractivity contribution in [3.63, 3.8) is 0 Å². The second-order valence-electron chi connectivity index (χ2n) is 8.03. The first-order chi connectivity index (χ1) is 13.2. The molecule has 3 atom stereocenters. The second-order valence-corrected chi connectivity index (χ2v) is 8.03. The number of aromatic amines is 1. The van der Waals surface area contributed by atoms with Gasteiger partial charge in [0.25, 0.3) is 5.91 Å². The average Bonchev–Trinajstić information content (AvgIpc) is 3.29. The van der Waals surface area contributed by atoms with E-state index in [0.717, 1.165) is 54.4 Å². The molecular weight excluding hydrogens is 336 g/mol. The Kier molecular flexibility index (Phi) is 3.68. The summed E-state index contributed by atoms with van der Waals surface area (Å²) in [6.45, 7) is 2.94. The van der Waals surface area contributed by atoms with Crippen molar-refractivity contribution in [3.05, 3.63) is 52.9 Å². The molecule has 1 aromatic carbocycles. The molecule has 2 aromatic rings. The first-order valence-corrected chi connectivity index (χ1v) is 9.73. The number of nitrogens with zero attached hydrogens (tertiary/aromatic N) is 3. The van der Waals surface area contributed by atoms with Gasteiger partial charge >= 0.3 is 0 Å². The number of nitrogens with one attached hydrogen (secondary N) is 1. The zero-order valence-corrected chi connectivity index (χ0v) is 15.4. The highest BCUT2D eigenvalue weighted by Gasteiger charge is 2.43. The van der Waals surface area contributed by atoms with Gasteiger partial charge in [-0.1, -0.05) is 12.5 Å². The molecule has 5 heteroatoms. The van der Waals surface area contributed by atoms with Gasteiger partial charge in [-0.25, -0.2) is 4.98 Å². The Hall–Kier alpha value is -2.87. The van der Waals surface area contributed by atoms with Gasteiger partial charge < -0.3 is 9.88 Å². The molecule has 2 aliphatic carbocycles. The van der Waals surface area contributed by atoms with E-state index in [0.29, 0.717) is 11.8 Å². The van der Waals surface area contributed by atoms with E-state index < -0.39 is 0 Å². The number of allylic oxidation sites excluding steroid dienone is 2. The van der Waals surface area contributed by atoms with E-state index in [1.165, 1.54) is 11.1 Å². The van der Waals surface area contributed by atoms with E-state index >= 15 is 0 Å². The van der Waals surface area contributed by atoms with Crippen molar-refractivity contribution >= 4 is 16.9 Å². The van der Waals surface area contributed by atoms with Crippen molar-refractivity contribution in [2.45, 2.75) is 38.6 Å². The second kappa shape index (κ2) is 6.09. The van der Waals surface area contributed by atoms with Gasteiger partial charge in [-0.15, -0.1) is 0 Å². The molecule has 1 N–H and O–H groups in total. The van der Waals surface area contributed by atoms with E-state index in [1.54, 1.807) is 6.33 Å². The number of carbonyl (C=O) groups is 1. The third-order valence-electron chi connectivity index (χ3n) is 6.49. The molecule has 0 bridgehead atoms. The van der Waals surface area contributed by atoms with Gasteiger partial charge in [-0.2, -0.15) is 5.26 Å². The minimum absolute atomic E-state index is 0.110. The van der Waals surface area contributed by atoms with Gasteiger partial charge in [-0.3, -0.25) is 4.79 Å². The van der Waals surface area contributed by atoms with Crippen LogP contribution in [0, 0.1) is 23.2 Å². The van der Waals surface area contributed by atoms with Crippen LogP contribution in [-0.2, 0) is 0 Å². The Labute approximate surface area is 158 Å². The Morgan fingerprint density at radius 3 is 3.11 bits per heavy atom. The monoisotopic (exact) mass is 358 g/mol. The lowest BCUT2D eigenvalue weighted by molar-refractivity contribution is 0.0564. The summed E-state index contributed by atoms with van der Waals surface area (Å²) in [4.78, 5) is 22.7. The van der Waals surface area contributed by atoms with Crippen molar-refractivity contribution < 1.29 is 4.79 Å². The maximum absolute atomic E-state index is 13.3. The highest BCUT2D eigenvalue weighted by molar-refractivity contribution is 5.97. The lowest BCUT2D eigenvalue weighted by Gasteiger charge is -2.38. The van der Waals surface area contributed by atoms with Crippen molar-refractivity contribution in [1.29, 1.82) is 5.26 Å². The van der Waals surface area contributed by atoms with Crippen LogP contribution in [0.25, 0.3) is 11.0 Å². The minimum Gasteiger partial charge on any atom is -0.345 e. The Morgan fingerprint density at radius 2 is 2.26 bits per heavy atom. The number of rotatable bonds is 1. The Bertz CT molecular complexity index is 1040. The van der Waals surface area contributed by atoms with E-state index in [4.69, 9.17) is 0 Å². The predicted octanol–water partition coefficient (Wildman–Crippen LogP) is 3.97. The fraction of sp³-hybridized carbons (Fsp3) is 0.409. The molecule has 5 nitrogen and oxygen atoms in total. The van der Waals surface area contributed by atoms with Crippen LogP contribution in [0.4, 0.5) is 0 Å². The quantitative estimate of drug-likeness (QED) is 0.838. The van der Waals surface area contributed by atoms with Gasteiger partial charge in [0.15, 0.2) is 0 Å². The molecule has 1 saturated heterocycles. The number of piperidine rings is 1. The van der Waals surface area contributed by atoms with Crippen molar-refractivity contribution in [3.8, 4) is 6.07 Å². The Morgan fingerprint density at radius 1 is 1.37 bits per heavy atom. The van der Waals surface area contributed by atoms with E-state index in [9.17, 15) is 10.1 Å². The summed E-state index contributed by atoms with van der Waals surface area (Å²) in [6.07, 6.45) is 7.82. The number of hydrogen-bond donors (Lipinski definition) is 1. The smallest absolute Gasteiger partial charge is 0.254 e. The number of imidazole rings is 1. The van der Waals surface area contributed by atoms with Crippen molar-refractivity contribution in [1.82, 2.24) is 14.9 Å². The molecule has 1 unspecified atom stereocenters. The Balaban J connectivity index is 1.45. The third-order valence-corrected chi connectivity index (χ3v) is 6.49. The summed E-state index contributed by atoms with van der Waals surface area (Å²) in [6, 6.07) is 8.30. The number of amides is 1. The van der Waals surface area contributed by atoms with Crippen LogP contribution in [-0.4, -0.2) is 33.4 Å². The van der Waals surface area contributed by atoms with Gasteiger partial charge in [0.2, 0.25) is 0 Å². The number of aromatic nitrogens is 2. The topological polar surface area (TPSA) is 72.8 Å². The van der Waals surface area contributed by atoms with E-state index in [2.05, 4.69) is 33.9 Å². The summed E-state index contributed by atoms with van der Waals surface area (Å²) in [5, 5.41) is 9.42. The van der Waals surface area contributed by atoms with Crippen LogP contribution in [0.3, 0.4) is 0 Å². The molecule has 27 heavy (non-hydrogen) atoms. The summed E-state index contributed by atoms with van der Waals surface area (Å²) >= 11 is 0. The number of fused-ring (bicyclic) bond motifs is 3. The van der Waals surface area contributed by atoms with Gasteiger partial charge in [0.1, 0.15) is 0 Å². The molecule has 1 amide bonds. The lowest BCUT2D eigenvalue weighted by atomic mass is 9.82. The van der Waals surface area contributed by atoms with Crippen molar-refractivity contribution in [2.24, 2.45) is 11.8 Å². The largest absolute Gasteiger partial charge is 0.345 e. The normalized spacial score (nSPS) is 27.2. The van der Waals surface area contributed by atoms with Crippen LogP contribution in [0.1, 0.15) is 43.0 Å². The van der Waals surface area contributed by atoms with Gasteiger partial charge in [-0.05, 0) is 61.4 Å². The zero-order valence-electron chi connectivity index (χ0n) is 15.4. The number of nitriles is 1. The first-order valence-electron chi connectivity index (χ1n) is 9.73. The molecule has 3 aliphatic rings. The number of hydrogen-bond acceptors (Lipinski definition) is 3. The number of benzene rings is 1. The molecule has 0 saturated carbocycles. The maximum atomic E-state index is 13.3. The summed E-state index contributed by atoms with van der Waals surface area (Å²) in [7, 11) is 0. The van der Waals surface area contributed by atoms with Crippen LogP contribution < -0.4 is 0 Å². The summed E-state index contributed by atoms with van der Waals surface area (Å²) in [5.41, 5.74) is 6.19. The molecule has 136 valence electrons. The van der Waals surface area contributed by atoms with Crippen LogP contribution in [0.5, 0.6) is 0 Å². The van der Waals surface area contributed by atoms with Crippen LogP contribution in [0.15, 0.2) is 47.3 Å². The minimum atomic E-state index is 0.110. The highest BCUT2D eigenvalue weighted by atomic mass is 16.2. The lowest BCUT2D eigenvalue weighted by Crippen LogP contribution is -2.47. The predicted molar refractivity (Wildman–Crippen MR) is 103 cm³/mol. The summed E-state index contributed by atoms with van der Waals surface area (Å²) in [5.74, 6) is 0.781. The fourth-order valence-corrected chi connectivity index (χ4v) is 5.13. The molecule has 5 rings (SSSR count). The van der Waals surface area contributed by atoms with E-state index in [-0.39, 0.29) is 11.9 Å². The zero-order chi connectivity index (χ0) is 18.5. The summed E-state index contributed by atoms with van der Waals surface area (Å²) < 4.78 is 0. The average molecular weight is 358 g/mol. The molecule has 1 fully saturated rings.